The fourth-order valence-electron chi connectivity index (χ4n) is 1.97. The van der Waals surface area contributed by atoms with Crippen molar-refractivity contribution in [3.05, 3.63) is 65.2 Å². The van der Waals surface area contributed by atoms with Crippen molar-refractivity contribution in [2.75, 3.05) is 0 Å². The molecule has 4 nitrogen and oxygen atoms in total. The van der Waals surface area contributed by atoms with Gasteiger partial charge < -0.3 is 5.11 Å². The molecule has 2 aromatic rings. The summed E-state index contributed by atoms with van der Waals surface area (Å²) in [6, 6.07) is 14.1. The molecule has 0 atom stereocenters. The molecule has 0 aliphatic heterocycles. The first-order valence-corrected chi connectivity index (χ1v) is 8.31. The average Bonchev–Trinajstić information content (AvgIpc) is 2.53. The molecule has 0 aliphatic rings. The maximum atomic E-state index is 12.2. The summed E-state index contributed by atoms with van der Waals surface area (Å²) in [5, 5.41) is 9.07. The highest BCUT2D eigenvalue weighted by atomic mass is 32.2. The predicted molar refractivity (Wildman–Crippen MR) is 82.2 cm³/mol. The fraction of sp³-hybridized carbons (Fsp3) is 0.250. The first-order valence-electron chi connectivity index (χ1n) is 6.82. The summed E-state index contributed by atoms with van der Waals surface area (Å²) < 4.78 is 27.0. The van der Waals surface area contributed by atoms with Gasteiger partial charge in [-0.05, 0) is 35.2 Å². The van der Waals surface area contributed by atoms with Gasteiger partial charge in [0.15, 0.2) is 0 Å². The van der Waals surface area contributed by atoms with Crippen LogP contribution in [0.1, 0.15) is 23.6 Å². The zero-order chi connectivity index (χ0) is 15.3. The second kappa shape index (κ2) is 6.85. The minimum Gasteiger partial charge on any atom is -0.392 e. The van der Waals surface area contributed by atoms with Gasteiger partial charge in [-0.15, -0.1) is 0 Å². The van der Waals surface area contributed by atoms with E-state index in [4.69, 9.17) is 5.11 Å². The molecule has 0 heterocycles. The Balaban J connectivity index is 2.09. The standard InChI is InChI=1S/C16H19NO3S/c1-2-13-6-8-14(9-7-13)11-17-21(19,20)16-5-3-4-15(10-16)12-18/h3-10,17-18H,2,11-12H2,1H3. The van der Waals surface area contributed by atoms with Gasteiger partial charge in [-0.2, -0.15) is 0 Å². The summed E-state index contributed by atoms with van der Waals surface area (Å²) in [4.78, 5) is 0.166. The molecule has 0 aromatic heterocycles. The first kappa shape index (κ1) is 15.7. The van der Waals surface area contributed by atoms with Gasteiger partial charge in [0.2, 0.25) is 10.0 Å². The number of sulfonamides is 1. The molecule has 2 aromatic carbocycles. The van der Waals surface area contributed by atoms with E-state index in [2.05, 4.69) is 11.6 Å². The monoisotopic (exact) mass is 305 g/mol. The van der Waals surface area contributed by atoms with Crippen molar-refractivity contribution in [1.82, 2.24) is 4.72 Å². The topological polar surface area (TPSA) is 66.4 Å². The van der Waals surface area contributed by atoms with Crippen molar-refractivity contribution < 1.29 is 13.5 Å². The molecule has 0 fully saturated rings. The van der Waals surface area contributed by atoms with Crippen molar-refractivity contribution in [3.63, 3.8) is 0 Å². The van der Waals surface area contributed by atoms with Gasteiger partial charge in [0.25, 0.3) is 0 Å². The quantitative estimate of drug-likeness (QED) is 0.860. The minimum absolute atomic E-state index is 0.166. The highest BCUT2D eigenvalue weighted by Crippen LogP contribution is 2.12. The van der Waals surface area contributed by atoms with Crippen LogP contribution in [0.15, 0.2) is 53.4 Å². The number of aryl methyl sites for hydroxylation is 1. The van der Waals surface area contributed by atoms with E-state index in [0.717, 1.165) is 12.0 Å². The Hall–Kier alpha value is -1.69. The maximum absolute atomic E-state index is 12.2. The second-order valence-corrected chi connectivity index (χ2v) is 6.57. The van der Waals surface area contributed by atoms with E-state index in [-0.39, 0.29) is 18.0 Å². The number of benzene rings is 2. The third-order valence-corrected chi connectivity index (χ3v) is 4.69. The van der Waals surface area contributed by atoms with Gasteiger partial charge >= 0.3 is 0 Å². The molecule has 112 valence electrons. The summed E-state index contributed by atoms with van der Waals surface area (Å²) in [6.07, 6.45) is 0.958. The lowest BCUT2D eigenvalue weighted by molar-refractivity contribution is 0.281. The van der Waals surface area contributed by atoms with Crippen molar-refractivity contribution in [2.24, 2.45) is 0 Å². The van der Waals surface area contributed by atoms with E-state index in [1.807, 2.05) is 24.3 Å². The minimum atomic E-state index is -3.57. The van der Waals surface area contributed by atoms with E-state index in [9.17, 15) is 8.42 Å². The molecule has 2 N–H and O–H groups in total. The van der Waals surface area contributed by atoms with Gasteiger partial charge in [0, 0.05) is 6.54 Å². The van der Waals surface area contributed by atoms with E-state index in [0.29, 0.717) is 5.56 Å². The van der Waals surface area contributed by atoms with E-state index in [1.165, 1.54) is 17.7 Å². The van der Waals surface area contributed by atoms with Gasteiger partial charge in [-0.1, -0.05) is 43.3 Å². The van der Waals surface area contributed by atoms with Crippen LogP contribution in [0.25, 0.3) is 0 Å². The molecule has 0 radical (unpaired) electrons. The number of nitrogens with one attached hydrogen (secondary N) is 1. The van der Waals surface area contributed by atoms with Crippen LogP contribution in [0.5, 0.6) is 0 Å². The lowest BCUT2D eigenvalue weighted by atomic mass is 10.1. The Morgan fingerprint density at radius 3 is 2.29 bits per heavy atom. The highest BCUT2D eigenvalue weighted by Gasteiger charge is 2.13. The summed E-state index contributed by atoms with van der Waals surface area (Å²) in [5.41, 5.74) is 2.71. The molecule has 0 saturated heterocycles. The Bertz CT molecular complexity index is 694. The number of aliphatic hydroxyl groups excluding tert-OH is 1. The van der Waals surface area contributed by atoms with E-state index >= 15 is 0 Å². The van der Waals surface area contributed by atoms with Crippen LogP contribution in [0.3, 0.4) is 0 Å². The second-order valence-electron chi connectivity index (χ2n) is 4.80. The molecule has 0 saturated carbocycles. The van der Waals surface area contributed by atoms with Gasteiger partial charge in [0.05, 0.1) is 11.5 Å². The number of hydrogen-bond acceptors (Lipinski definition) is 3. The third-order valence-electron chi connectivity index (χ3n) is 3.29. The molecule has 0 bridgehead atoms. The van der Waals surface area contributed by atoms with Crippen molar-refractivity contribution >= 4 is 10.0 Å². The predicted octanol–water partition coefficient (Wildman–Crippen LogP) is 2.22. The number of rotatable bonds is 6. The molecule has 2 rings (SSSR count). The molecule has 5 heteroatoms. The van der Waals surface area contributed by atoms with Crippen LogP contribution in [0.2, 0.25) is 0 Å². The van der Waals surface area contributed by atoms with Gasteiger partial charge in [-0.3, -0.25) is 0 Å². The van der Waals surface area contributed by atoms with Crippen molar-refractivity contribution in [1.29, 1.82) is 0 Å². The first-order chi connectivity index (χ1) is 10.0. The van der Waals surface area contributed by atoms with Crippen molar-refractivity contribution in [3.8, 4) is 0 Å². The maximum Gasteiger partial charge on any atom is 0.240 e. The van der Waals surface area contributed by atoms with Crippen LogP contribution in [-0.2, 0) is 29.6 Å². The largest absolute Gasteiger partial charge is 0.392 e. The summed E-state index contributed by atoms with van der Waals surface area (Å²) >= 11 is 0. The Morgan fingerprint density at radius 1 is 1.00 bits per heavy atom. The third kappa shape index (κ3) is 4.14. The van der Waals surface area contributed by atoms with E-state index in [1.54, 1.807) is 12.1 Å². The lowest BCUT2D eigenvalue weighted by Gasteiger charge is -2.08. The number of hydrogen-bond donors (Lipinski definition) is 2. The SMILES string of the molecule is CCc1ccc(CNS(=O)(=O)c2cccc(CO)c2)cc1. The van der Waals surface area contributed by atoms with Crippen LogP contribution in [0.4, 0.5) is 0 Å². The summed E-state index contributed by atoms with van der Waals surface area (Å²) in [6.45, 7) is 2.14. The molecule has 0 unspecified atom stereocenters. The van der Waals surface area contributed by atoms with Crippen LogP contribution < -0.4 is 4.72 Å². The van der Waals surface area contributed by atoms with Gasteiger partial charge in [0.1, 0.15) is 0 Å². The zero-order valence-electron chi connectivity index (χ0n) is 11.9. The fourth-order valence-corrected chi connectivity index (χ4v) is 3.05. The molecule has 0 spiro atoms. The molecule has 0 amide bonds. The normalized spacial score (nSPS) is 11.5. The molecule has 0 aliphatic carbocycles. The smallest absolute Gasteiger partial charge is 0.240 e. The Labute approximate surface area is 125 Å². The Kier molecular flexibility index (Phi) is 5.12. The van der Waals surface area contributed by atoms with Crippen LogP contribution in [-0.4, -0.2) is 13.5 Å². The summed E-state index contributed by atoms with van der Waals surface area (Å²) in [7, 11) is -3.57. The Morgan fingerprint density at radius 2 is 1.67 bits per heavy atom. The highest BCUT2D eigenvalue weighted by molar-refractivity contribution is 7.89. The number of aliphatic hydroxyl groups is 1. The van der Waals surface area contributed by atoms with Crippen LogP contribution in [0, 0.1) is 0 Å². The molecule has 21 heavy (non-hydrogen) atoms. The van der Waals surface area contributed by atoms with Crippen LogP contribution >= 0.6 is 0 Å². The zero-order valence-corrected chi connectivity index (χ0v) is 12.7. The summed E-state index contributed by atoms with van der Waals surface area (Å²) in [5.74, 6) is 0. The lowest BCUT2D eigenvalue weighted by Crippen LogP contribution is -2.23. The van der Waals surface area contributed by atoms with E-state index < -0.39 is 10.0 Å². The van der Waals surface area contributed by atoms with Crippen molar-refractivity contribution in [2.45, 2.75) is 31.4 Å². The molecular formula is C16H19NO3S. The molecular weight excluding hydrogens is 286 g/mol. The average molecular weight is 305 g/mol. The van der Waals surface area contributed by atoms with Gasteiger partial charge in [-0.25, -0.2) is 13.1 Å².